The van der Waals surface area contributed by atoms with Crippen LogP contribution in [0, 0.1) is 6.92 Å². The van der Waals surface area contributed by atoms with Crippen molar-refractivity contribution in [1.29, 1.82) is 0 Å². The first kappa shape index (κ1) is 10.9. The molecule has 1 saturated heterocycles. The normalized spacial score (nSPS) is 17.9. The minimum Gasteiger partial charge on any atom is -0.481 e. The zero-order valence-corrected chi connectivity index (χ0v) is 9.45. The molecule has 0 atom stereocenters. The third kappa shape index (κ3) is 2.01. The second-order valence-corrected chi connectivity index (χ2v) is 4.38. The molecule has 0 spiro atoms. The van der Waals surface area contributed by atoms with Crippen LogP contribution < -0.4 is 10.6 Å². The summed E-state index contributed by atoms with van der Waals surface area (Å²) in [5.74, 6) is -0.782. The van der Waals surface area contributed by atoms with Gasteiger partial charge in [0.2, 0.25) is 0 Å². The molecule has 1 aliphatic heterocycles. The Kier molecular flexibility index (Phi) is 2.59. The van der Waals surface area contributed by atoms with E-state index in [2.05, 4.69) is 15.7 Å². The minimum absolute atomic E-state index is 0.119. The number of carboxylic acid groups (broad SMARTS) is 1. The fourth-order valence-electron chi connectivity index (χ4n) is 1.98. The first-order valence-electron chi connectivity index (χ1n) is 5.22. The topological polar surface area (TPSA) is 79.2 Å². The summed E-state index contributed by atoms with van der Waals surface area (Å²) in [5.41, 5.74) is 1.43. The Labute approximate surface area is 93.6 Å². The van der Waals surface area contributed by atoms with Crippen LogP contribution in [0.5, 0.6) is 0 Å². The third-order valence-corrected chi connectivity index (χ3v) is 2.83. The molecule has 2 rings (SSSR count). The molecule has 16 heavy (non-hydrogen) atoms. The lowest BCUT2D eigenvalue weighted by molar-refractivity contribution is -0.138. The number of aryl methyl sites for hydroxylation is 2. The van der Waals surface area contributed by atoms with Crippen LogP contribution in [-0.2, 0) is 11.8 Å². The van der Waals surface area contributed by atoms with Gasteiger partial charge in [0.15, 0.2) is 0 Å². The molecular weight excluding hydrogens is 208 g/mol. The lowest BCUT2D eigenvalue weighted by atomic mass is 9.88. The van der Waals surface area contributed by atoms with Crippen molar-refractivity contribution < 1.29 is 9.90 Å². The van der Waals surface area contributed by atoms with Gasteiger partial charge in [-0.1, -0.05) is 0 Å². The average molecular weight is 224 g/mol. The van der Waals surface area contributed by atoms with Gasteiger partial charge < -0.3 is 15.7 Å². The molecule has 1 aromatic rings. The molecule has 6 nitrogen and oxygen atoms in total. The summed E-state index contributed by atoms with van der Waals surface area (Å²) >= 11 is 0. The smallest absolute Gasteiger partial charge is 0.305 e. The van der Waals surface area contributed by atoms with Gasteiger partial charge in [0.1, 0.15) is 0 Å². The number of aliphatic carboxylic acids is 1. The molecule has 0 bridgehead atoms. The maximum Gasteiger partial charge on any atom is 0.305 e. The zero-order valence-electron chi connectivity index (χ0n) is 9.45. The Balaban J connectivity index is 2.12. The van der Waals surface area contributed by atoms with Crippen molar-refractivity contribution in [3.05, 3.63) is 11.9 Å². The van der Waals surface area contributed by atoms with Crippen LogP contribution in [0.2, 0.25) is 0 Å². The quantitative estimate of drug-likeness (QED) is 0.668. The van der Waals surface area contributed by atoms with Gasteiger partial charge in [-0.3, -0.25) is 9.48 Å². The van der Waals surface area contributed by atoms with E-state index >= 15 is 0 Å². The van der Waals surface area contributed by atoms with Crippen molar-refractivity contribution >= 4 is 11.7 Å². The van der Waals surface area contributed by atoms with E-state index in [9.17, 15) is 4.79 Å². The molecule has 0 aromatic carbocycles. The fraction of sp³-hybridized carbons (Fsp3) is 0.600. The average Bonchev–Trinajstić information content (AvgIpc) is 2.40. The van der Waals surface area contributed by atoms with Crippen molar-refractivity contribution in [2.75, 3.05) is 18.4 Å². The summed E-state index contributed by atoms with van der Waals surface area (Å²) in [5, 5.41) is 19.5. The standard InChI is InChI=1S/C10H16N4O2/c1-7-8(4-14(2)13-7)12-10(3-9(15)16)5-11-6-10/h4,11-12H,3,5-6H2,1-2H3,(H,15,16). The Bertz CT molecular complexity index is 409. The van der Waals surface area contributed by atoms with E-state index in [1.807, 2.05) is 20.2 Å². The monoisotopic (exact) mass is 224 g/mol. The zero-order chi connectivity index (χ0) is 11.8. The number of carbonyl (C=O) groups is 1. The van der Waals surface area contributed by atoms with Crippen molar-refractivity contribution in [3.63, 3.8) is 0 Å². The van der Waals surface area contributed by atoms with E-state index < -0.39 is 5.97 Å². The summed E-state index contributed by atoms with van der Waals surface area (Å²) < 4.78 is 1.72. The van der Waals surface area contributed by atoms with E-state index in [4.69, 9.17) is 5.11 Å². The van der Waals surface area contributed by atoms with Gasteiger partial charge in [-0.15, -0.1) is 0 Å². The number of hydrogen-bond donors (Lipinski definition) is 3. The summed E-state index contributed by atoms with van der Waals surface area (Å²) in [4.78, 5) is 10.8. The highest BCUT2D eigenvalue weighted by molar-refractivity contribution is 5.70. The molecule has 1 aromatic heterocycles. The molecule has 0 aliphatic carbocycles. The summed E-state index contributed by atoms with van der Waals surface area (Å²) in [6.07, 6.45) is 1.99. The van der Waals surface area contributed by atoms with Gasteiger partial charge in [0, 0.05) is 26.3 Å². The third-order valence-electron chi connectivity index (χ3n) is 2.83. The number of aromatic nitrogens is 2. The van der Waals surface area contributed by atoms with E-state index in [-0.39, 0.29) is 12.0 Å². The molecule has 1 aliphatic rings. The van der Waals surface area contributed by atoms with Crippen LogP contribution in [-0.4, -0.2) is 39.5 Å². The molecule has 0 radical (unpaired) electrons. The van der Waals surface area contributed by atoms with E-state index in [1.54, 1.807) is 4.68 Å². The van der Waals surface area contributed by atoms with Crippen molar-refractivity contribution in [3.8, 4) is 0 Å². The number of rotatable bonds is 4. The Morgan fingerprint density at radius 2 is 2.44 bits per heavy atom. The molecule has 88 valence electrons. The SMILES string of the molecule is Cc1nn(C)cc1NC1(CC(=O)O)CNC1. The van der Waals surface area contributed by atoms with Crippen LogP contribution in [0.25, 0.3) is 0 Å². The lowest BCUT2D eigenvalue weighted by Gasteiger charge is -2.42. The molecule has 1 fully saturated rings. The Morgan fingerprint density at radius 1 is 1.75 bits per heavy atom. The van der Waals surface area contributed by atoms with E-state index in [1.165, 1.54) is 0 Å². The van der Waals surface area contributed by atoms with Gasteiger partial charge in [0.25, 0.3) is 0 Å². The van der Waals surface area contributed by atoms with Crippen LogP contribution in [0.4, 0.5) is 5.69 Å². The van der Waals surface area contributed by atoms with Crippen molar-refractivity contribution in [2.24, 2.45) is 7.05 Å². The number of nitrogens with one attached hydrogen (secondary N) is 2. The number of hydrogen-bond acceptors (Lipinski definition) is 4. The van der Waals surface area contributed by atoms with Crippen molar-refractivity contribution in [2.45, 2.75) is 18.9 Å². The molecule has 0 saturated carbocycles. The van der Waals surface area contributed by atoms with Gasteiger partial charge in [-0.2, -0.15) is 5.10 Å². The van der Waals surface area contributed by atoms with E-state index in [0.29, 0.717) is 13.1 Å². The number of carboxylic acids is 1. The summed E-state index contributed by atoms with van der Waals surface area (Å²) in [7, 11) is 1.85. The molecule has 2 heterocycles. The second kappa shape index (κ2) is 3.79. The maximum absolute atomic E-state index is 10.8. The molecule has 0 unspecified atom stereocenters. The van der Waals surface area contributed by atoms with Gasteiger partial charge in [-0.05, 0) is 6.92 Å². The largest absolute Gasteiger partial charge is 0.481 e. The molecular formula is C10H16N4O2. The maximum atomic E-state index is 10.8. The van der Waals surface area contributed by atoms with E-state index in [0.717, 1.165) is 11.4 Å². The predicted molar refractivity (Wildman–Crippen MR) is 59.4 cm³/mol. The molecule has 0 amide bonds. The summed E-state index contributed by atoms with van der Waals surface area (Å²) in [6.45, 7) is 3.25. The minimum atomic E-state index is -0.782. The van der Waals surface area contributed by atoms with Crippen LogP contribution >= 0.6 is 0 Å². The predicted octanol–water partition coefficient (Wildman–Crippen LogP) is -0.0429. The fourth-order valence-corrected chi connectivity index (χ4v) is 1.98. The first-order chi connectivity index (χ1) is 7.51. The first-order valence-corrected chi connectivity index (χ1v) is 5.22. The van der Waals surface area contributed by atoms with Gasteiger partial charge in [-0.25, -0.2) is 0 Å². The van der Waals surface area contributed by atoms with Crippen LogP contribution in [0.15, 0.2) is 6.20 Å². The highest BCUT2D eigenvalue weighted by atomic mass is 16.4. The highest BCUT2D eigenvalue weighted by Gasteiger charge is 2.39. The Morgan fingerprint density at radius 3 is 2.81 bits per heavy atom. The van der Waals surface area contributed by atoms with Gasteiger partial charge >= 0.3 is 5.97 Å². The Hall–Kier alpha value is -1.56. The van der Waals surface area contributed by atoms with Crippen molar-refractivity contribution in [1.82, 2.24) is 15.1 Å². The van der Waals surface area contributed by atoms with Crippen LogP contribution in [0.3, 0.4) is 0 Å². The summed E-state index contributed by atoms with van der Waals surface area (Å²) in [6, 6.07) is 0. The number of anilines is 1. The highest BCUT2D eigenvalue weighted by Crippen LogP contribution is 2.24. The second-order valence-electron chi connectivity index (χ2n) is 4.38. The van der Waals surface area contributed by atoms with Crippen LogP contribution in [0.1, 0.15) is 12.1 Å². The van der Waals surface area contributed by atoms with Gasteiger partial charge in [0.05, 0.1) is 23.3 Å². The number of nitrogens with zero attached hydrogens (tertiary/aromatic N) is 2. The lowest BCUT2D eigenvalue weighted by Crippen LogP contribution is -2.65. The molecule has 3 N–H and O–H groups in total. The molecule has 6 heteroatoms.